The molecule has 26 heavy (non-hydrogen) atoms. The Morgan fingerprint density at radius 1 is 1.19 bits per heavy atom. The van der Waals surface area contributed by atoms with E-state index in [2.05, 4.69) is 27.3 Å². The molecule has 0 spiro atoms. The molecule has 0 radical (unpaired) electrons. The molecule has 0 aliphatic carbocycles. The van der Waals surface area contributed by atoms with Crippen LogP contribution < -0.4 is 4.74 Å². The Balaban J connectivity index is 1.70. The standard InChI is InChI=1S/C19H23N5O2/c1-4-6-14-10-15(21-20-14)12-24(2)19(25)18-11-17(22-23-18)13-7-5-8-16(9-13)26-3/h5,7-11H,4,6,12H2,1-3H3,(H,20,21)(H,22,23). The molecule has 2 heterocycles. The normalized spacial score (nSPS) is 10.7. The van der Waals surface area contributed by atoms with Gasteiger partial charge in [-0.2, -0.15) is 10.2 Å². The molecule has 2 N–H and O–H groups in total. The SMILES string of the molecule is CCCc1cc(CN(C)C(=O)c2cc(-c3cccc(OC)c3)n[nH]2)[nH]n1. The number of aromatic amines is 2. The minimum atomic E-state index is -0.127. The Hall–Kier alpha value is -3.09. The first-order valence-corrected chi connectivity index (χ1v) is 8.59. The molecule has 7 heteroatoms. The molecule has 2 aromatic heterocycles. The van der Waals surface area contributed by atoms with Gasteiger partial charge in [0.1, 0.15) is 11.4 Å². The van der Waals surface area contributed by atoms with E-state index in [1.165, 1.54) is 0 Å². The van der Waals surface area contributed by atoms with Crippen LogP contribution in [0.25, 0.3) is 11.3 Å². The number of H-pyrrole nitrogens is 2. The number of hydrogen-bond acceptors (Lipinski definition) is 4. The fourth-order valence-electron chi connectivity index (χ4n) is 2.77. The lowest BCUT2D eigenvalue weighted by atomic mass is 10.1. The zero-order valence-corrected chi connectivity index (χ0v) is 15.2. The van der Waals surface area contributed by atoms with Gasteiger partial charge in [0, 0.05) is 12.6 Å². The van der Waals surface area contributed by atoms with Crippen molar-refractivity contribution in [1.82, 2.24) is 25.3 Å². The number of nitrogens with one attached hydrogen (secondary N) is 2. The molecule has 1 amide bonds. The zero-order chi connectivity index (χ0) is 18.5. The van der Waals surface area contributed by atoms with Gasteiger partial charge in [0.05, 0.1) is 30.7 Å². The molecule has 0 bridgehead atoms. The molecule has 0 saturated carbocycles. The number of methoxy groups -OCH3 is 1. The van der Waals surface area contributed by atoms with Crippen molar-refractivity contribution >= 4 is 5.91 Å². The topological polar surface area (TPSA) is 86.9 Å². The summed E-state index contributed by atoms with van der Waals surface area (Å²) in [5, 5.41) is 14.3. The fourth-order valence-corrected chi connectivity index (χ4v) is 2.77. The number of carbonyl (C=O) groups is 1. The van der Waals surface area contributed by atoms with Gasteiger partial charge in [-0.3, -0.25) is 15.0 Å². The van der Waals surface area contributed by atoms with E-state index in [9.17, 15) is 4.79 Å². The highest BCUT2D eigenvalue weighted by molar-refractivity contribution is 5.93. The largest absolute Gasteiger partial charge is 0.497 e. The molecule has 136 valence electrons. The lowest BCUT2D eigenvalue weighted by Crippen LogP contribution is -2.26. The summed E-state index contributed by atoms with van der Waals surface area (Å²) in [7, 11) is 3.38. The van der Waals surface area contributed by atoms with E-state index < -0.39 is 0 Å². The van der Waals surface area contributed by atoms with E-state index in [-0.39, 0.29) is 5.91 Å². The maximum absolute atomic E-state index is 12.6. The third kappa shape index (κ3) is 3.93. The maximum Gasteiger partial charge on any atom is 0.271 e. The number of carbonyl (C=O) groups excluding carboxylic acids is 1. The number of hydrogen-bond donors (Lipinski definition) is 2. The van der Waals surface area contributed by atoms with Gasteiger partial charge >= 0.3 is 0 Å². The Bertz CT molecular complexity index is 883. The van der Waals surface area contributed by atoms with Crippen molar-refractivity contribution in [1.29, 1.82) is 0 Å². The zero-order valence-electron chi connectivity index (χ0n) is 15.2. The van der Waals surface area contributed by atoms with E-state index in [1.807, 2.05) is 30.3 Å². The number of ether oxygens (including phenoxy) is 1. The molecule has 0 fully saturated rings. The van der Waals surface area contributed by atoms with Crippen molar-refractivity contribution in [2.75, 3.05) is 14.2 Å². The van der Waals surface area contributed by atoms with E-state index in [0.29, 0.717) is 17.9 Å². The summed E-state index contributed by atoms with van der Waals surface area (Å²) < 4.78 is 5.23. The van der Waals surface area contributed by atoms with Crippen LogP contribution in [0.5, 0.6) is 5.75 Å². The smallest absolute Gasteiger partial charge is 0.271 e. The Morgan fingerprint density at radius 2 is 2.04 bits per heavy atom. The van der Waals surface area contributed by atoms with Gasteiger partial charge in [-0.15, -0.1) is 0 Å². The van der Waals surface area contributed by atoms with Gasteiger partial charge in [0.15, 0.2) is 0 Å². The van der Waals surface area contributed by atoms with Gasteiger partial charge in [-0.1, -0.05) is 25.5 Å². The highest BCUT2D eigenvalue weighted by Gasteiger charge is 2.16. The monoisotopic (exact) mass is 353 g/mol. The van der Waals surface area contributed by atoms with Crippen molar-refractivity contribution in [3.63, 3.8) is 0 Å². The first kappa shape index (κ1) is 17.7. The molecule has 0 unspecified atom stereocenters. The molecule has 7 nitrogen and oxygen atoms in total. The van der Waals surface area contributed by atoms with Crippen LogP contribution >= 0.6 is 0 Å². The van der Waals surface area contributed by atoms with Gasteiger partial charge in [-0.05, 0) is 30.7 Å². The van der Waals surface area contributed by atoms with Crippen LogP contribution in [-0.2, 0) is 13.0 Å². The number of nitrogens with zero attached hydrogens (tertiary/aromatic N) is 3. The summed E-state index contributed by atoms with van der Waals surface area (Å²) in [6, 6.07) is 11.3. The third-order valence-electron chi connectivity index (χ3n) is 4.12. The average molecular weight is 353 g/mol. The molecular formula is C19H23N5O2. The van der Waals surface area contributed by atoms with Gasteiger partial charge in [0.2, 0.25) is 0 Å². The molecule has 0 aliphatic rings. The quantitative estimate of drug-likeness (QED) is 0.683. The van der Waals surface area contributed by atoms with Crippen molar-refractivity contribution in [3.8, 4) is 17.0 Å². The summed E-state index contributed by atoms with van der Waals surface area (Å²) in [4.78, 5) is 14.3. The van der Waals surface area contributed by atoms with Crippen LogP contribution in [0.2, 0.25) is 0 Å². The lowest BCUT2D eigenvalue weighted by Gasteiger charge is -2.14. The van der Waals surface area contributed by atoms with Crippen molar-refractivity contribution < 1.29 is 9.53 Å². The van der Waals surface area contributed by atoms with Crippen LogP contribution in [0.3, 0.4) is 0 Å². The predicted molar refractivity (Wildman–Crippen MR) is 99.0 cm³/mol. The number of benzene rings is 1. The molecule has 1 aromatic carbocycles. The van der Waals surface area contributed by atoms with Gasteiger partial charge in [0.25, 0.3) is 5.91 Å². The predicted octanol–water partition coefficient (Wildman–Crippen LogP) is 3.03. The van der Waals surface area contributed by atoms with Crippen LogP contribution in [0.4, 0.5) is 0 Å². The minimum Gasteiger partial charge on any atom is -0.497 e. The van der Waals surface area contributed by atoms with E-state index >= 15 is 0 Å². The molecule has 0 aliphatic heterocycles. The molecule has 0 saturated heterocycles. The second-order valence-electron chi connectivity index (χ2n) is 6.19. The van der Waals surface area contributed by atoms with Crippen LogP contribution in [0.15, 0.2) is 36.4 Å². The summed E-state index contributed by atoms with van der Waals surface area (Å²) >= 11 is 0. The van der Waals surface area contributed by atoms with E-state index in [0.717, 1.165) is 35.5 Å². The molecule has 3 rings (SSSR count). The van der Waals surface area contributed by atoms with Crippen molar-refractivity contribution in [2.24, 2.45) is 0 Å². The van der Waals surface area contributed by atoms with Crippen molar-refractivity contribution in [3.05, 3.63) is 53.5 Å². The first-order chi connectivity index (χ1) is 12.6. The van der Waals surface area contributed by atoms with Crippen molar-refractivity contribution in [2.45, 2.75) is 26.3 Å². The van der Waals surface area contributed by atoms with Crippen LogP contribution in [0.1, 0.15) is 35.2 Å². The molecule has 0 atom stereocenters. The Kier molecular flexibility index (Phi) is 5.36. The summed E-state index contributed by atoms with van der Waals surface area (Å²) in [5.74, 6) is 0.621. The Morgan fingerprint density at radius 3 is 2.81 bits per heavy atom. The van der Waals surface area contributed by atoms with Crippen LogP contribution in [0, 0.1) is 0 Å². The van der Waals surface area contributed by atoms with E-state index in [1.54, 1.807) is 25.1 Å². The number of amides is 1. The van der Waals surface area contributed by atoms with Gasteiger partial charge < -0.3 is 9.64 Å². The van der Waals surface area contributed by atoms with Crippen LogP contribution in [-0.4, -0.2) is 45.4 Å². The summed E-state index contributed by atoms with van der Waals surface area (Å²) in [5.41, 5.74) is 3.97. The Labute approximate surface area is 152 Å². The second kappa shape index (κ2) is 7.86. The molecular weight excluding hydrogens is 330 g/mol. The third-order valence-corrected chi connectivity index (χ3v) is 4.12. The fraction of sp³-hybridized carbons (Fsp3) is 0.316. The number of aryl methyl sites for hydroxylation is 1. The van der Waals surface area contributed by atoms with E-state index in [4.69, 9.17) is 4.74 Å². The summed E-state index contributed by atoms with van der Waals surface area (Å²) in [6.45, 7) is 2.57. The lowest BCUT2D eigenvalue weighted by molar-refractivity contribution is 0.0777. The second-order valence-corrected chi connectivity index (χ2v) is 6.19. The number of aromatic nitrogens is 4. The highest BCUT2D eigenvalue weighted by Crippen LogP contribution is 2.23. The minimum absolute atomic E-state index is 0.127. The average Bonchev–Trinajstić information content (AvgIpc) is 3.31. The van der Waals surface area contributed by atoms with Gasteiger partial charge in [-0.25, -0.2) is 0 Å². The highest BCUT2D eigenvalue weighted by atomic mass is 16.5. The number of rotatable bonds is 7. The molecule has 3 aromatic rings. The maximum atomic E-state index is 12.6. The first-order valence-electron chi connectivity index (χ1n) is 8.59. The summed E-state index contributed by atoms with van der Waals surface area (Å²) in [6.07, 6.45) is 1.97.